The second-order valence-electron chi connectivity index (χ2n) is 5.75. The number of benzene rings is 2. The first-order chi connectivity index (χ1) is 12.4. The van der Waals surface area contributed by atoms with Gasteiger partial charge in [-0.25, -0.2) is 4.39 Å². The number of carbonyl (C=O) groups excluding carboxylic acids is 4. The highest BCUT2D eigenvalue weighted by atomic mass is 19.1. The minimum absolute atomic E-state index is 0.187. The number of nitrogens with zero attached hydrogens (tertiary/aromatic N) is 1. The number of amides is 2. The zero-order valence-electron chi connectivity index (χ0n) is 13.8. The molecular weight excluding hydrogens is 341 g/mol. The summed E-state index contributed by atoms with van der Waals surface area (Å²) >= 11 is 0. The molecule has 0 aromatic heterocycles. The maximum Gasteiger partial charge on any atom is 0.326 e. The summed E-state index contributed by atoms with van der Waals surface area (Å²) in [4.78, 5) is 49.5. The van der Waals surface area contributed by atoms with E-state index in [0.29, 0.717) is 0 Å². The fourth-order valence-corrected chi connectivity index (χ4v) is 2.65. The van der Waals surface area contributed by atoms with Crippen LogP contribution in [0.15, 0.2) is 48.5 Å². The quantitative estimate of drug-likeness (QED) is 0.467. The number of Topliss-reactive ketones (excluding diaryl/α,β-unsaturated/α-hetero) is 1. The Kier molecular flexibility index (Phi) is 4.62. The molecule has 6 nitrogen and oxygen atoms in total. The molecule has 1 heterocycles. The van der Waals surface area contributed by atoms with Gasteiger partial charge in [0.05, 0.1) is 11.1 Å². The molecule has 0 saturated heterocycles. The number of fused-ring (bicyclic) bond motifs is 1. The van der Waals surface area contributed by atoms with Gasteiger partial charge in [0.2, 0.25) is 5.78 Å². The lowest BCUT2D eigenvalue weighted by atomic mass is 10.1. The van der Waals surface area contributed by atoms with Crippen molar-refractivity contribution in [1.29, 1.82) is 0 Å². The number of hydrogen-bond donors (Lipinski definition) is 0. The van der Waals surface area contributed by atoms with Gasteiger partial charge >= 0.3 is 5.97 Å². The van der Waals surface area contributed by atoms with Gasteiger partial charge in [-0.3, -0.25) is 24.1 Å². The molecule has 1 unspecified atom stereocenters. The first kappa shape index (κ1) is 17.5. The van der Waals surface area contributed by atoms with E-state index in [1.54, 1.807) is 12.1 Å². The van der Waals surface area contributed by atoms with Gasteiger partial charge in [0, 0.05) is 5.56 Å². The maximum atomic E-state index is 12.9. The van der Waals surface area contributed by atoms with Crippen molar-refractivity contribution in [2.45, 2.75) is 13.0 Å². The molecule has 0 saturated carbocycles. The normalized spacial score (nSPS) is 14.2. The Morgan fingerprint density at radius 1 is 1.00 bits per heavy atom. The Bertz CT molecular complexity index is 871. The zero-order chi connectivity index (χ0) is 18.8. The van der Waals surface area contributed by atoms with Crippen molar-refractivity contribution in [1.82, 2.24) is 4.90 Å². The van der Waals surface area contributed by atoms with Crippen LogP contribution in [-0.4, -0.2) is 41.1 Å². The number of ether oxygens (including phenoxy) is 1. The number of imide groups is 1. The van der Waals surface area contributed by atoms with Gasteiger partial charge in [-0.1, -0.05) is 12.1 Å². The van der Waals surface area contributed by atoms with Gasteiger partial charge in [0.1, 0.15) is 12.4 Å². The highest BCUT2D eigenvalue weighted by molar-refractivity contribution is 6.22. The highest BCUT2D eigenvalue weighted by Crippen LogP contribution is 2.22. The van der Waals surface area contributed by atoms with E-state index < -0.39 is 42.0 Å². The molecule has 1 aliphatic heterocycles. The summed E-state index contributed by atoms with van der Waals surface area (Å²) in [6.45, 7) is 0.777. The highest BCUT2D eigenvalue weighted by Gasteiger charge is 2.37. The minimum Gasteiger partial charge on any atom is -0.453 e. The fourth-order valence-electron chi connectivity index (χ4n) is 2.65. The first-order valence-corrected chi connectivity index (χ1v) is 7.83. The summed E-state index contributed by atoms with van der Waals surface area (Å²) in [5, 5.41) is 0. The molecule has 3 rings (SSSR count). The Balaban J connectivity index is 1.64. The summed E-state index contributed by atoms with van der Waals surface area (Å²) in [6.07, 6.45) is -1.14. The van der Waals surface area contributed by atoms with Crippen LogP contribution in [0, 0.1) is 5.82 Å². The van der Waals surface area contributed by atoms with Crippen LogP contribution in [0.25, 0.3) is 0 Å². The Morgan fingerprint density at radius 2 is 1.54 bits per heavy atom. The lowest BCUT2D eigenvalue weighted by Gasteiger charge is -2.16. The van der Waals surface area contributed by atoms with Gasteiger partial charge < -0.3 is 4.74 Å². The Hall–Kier alpha value is -3.35. The van der Waals surface area contributed by atoms with Crippen LogP contribution >= 0.6 is 0 Å². The van der Waals surface area contributed by atoms with Crippen molar-refractivity contribution < 1.29 is 28.3 Å². The van der Waals surface area contributed by atoms with Crippen molar-refractivity contribution in [2.75, 3.05) is 6.54 Å². The average molecular weight is 355 g/mol. The molecule has 2 aromatic rings. The standard InChI is InChI=1S/C19H14FNO5/c1-11(17(23)12-6-8-13(20)9-7-12)26-16(22)10-21-18(24)14-4-2-3-5-15(14)19(21)25/h2-9,11H,10H2,1H3. The third-order valence-corrected chi connectivity index (χ3v) is 3.97. The van der Waals surface area contributed by atoms with E-state index in [0.717, 1.165) is 17.0 Å². The van der Waals surface area contributed by atoms with E-state index in [4.69, 9.17) is 4.74 Å². The molecule has 132 valence electrons. The van der Waals surface area contributed by atoms with Gasteiger partial charge in [-0.2, -0.15) is 0 Å². The summed E-state index contributed by atoms with van der Waals surface area (Å²) in [6, 6.07) is 11.1. The average Bonchev–Trinajstić information content (AvgIpc) is 2.87. The van der Waals surface area contributed by atoms with Gasteiger partial charge in [0.25, 0.3) is 11.8 Å². The van der Waals surface area contributed by atoms with Crippen LogP contribution in [0.4, 0.5) is 4.39 Å². The number of esters is 1. The molecule has 0 bridgehead atoms. The molecule has 0 aliphatic carbocycles. The van der Waals surface area contributed by atoms with E-state index in [9.17, 15) is 23.6 Å². The van der Waals surface area contributed by atoms with Crippen LogP contribution in [0.2, 0.25) is 0 Å². The van der Waals surface area contributed by atoms with Crippen molar-refractivity contribution in [3.05, 3.63) is 71.0 Å². The van der Waals surface area contributed by atoms with E-state index in [2.05, 4.69) is 0 Å². The zero-order valence-corrected chi connectivity index (χ0v) is 13.8. The minimum atomic E-state index is -1.14. The molecule has 7 heteroatoms. The summed E-state index contributed by atoms with van der Waals surface area (Å²) < 4.78 is 17.9. The van der Waals surface area contributed by atoms with E-state index >= 15 is 0 Å². The van der Waals surface area contributed by atoms with Crippen LogP contribution in [0.3, 0.4) is 0 Å². The van der Waals surface area contributed by atoms with Gasteiger partial charge in [-0.05, 0) is 43.3 Å². The second kappa shape index (κ2) is 6.87. The maximum absolute atomic E-state index is 12.9. The number of carbonyl (C=O) groups is 4. The van der Waals surface area contributed by atoms with Crippen molar-refractivity contribution in [3.63, 3.8) is 0 Å². The van der Waals surface area contributed by atoms with Gasteiger partial charge in [0.15, 0.2) is 6.10 Å². The number of rotatable bonds is 5. The van der Waals surface area contributed by atoms with Crippen LogP contribution in [-0.2, 0) is 9.53 Å². The van der Waals surface area contributed by atoms with E-state index in [1.165, 1.54) is 31.2 Å². The molecule has 0 radical (unpaired) electrons. The molecule has 2 aromatic carbocycles. The van der Waals surface area contributed by atoms with Crippen molar-refractivity contribution in [2.24, 2.45) is 0 Å². The molecule has 1 atom stereocenters. The molecule has 1 aliphatic rings. The smallest absolute Gasteiger partial charge is 0.326 e. The first-order valence-electron chi connectivity index (χ1n) is 7.83. The number of hydrogen-bond acceptors (Lipinski definition) is 5. The monoisotopic (exact) mass is 355 g/mol. The topological polar surface area (TPSA) is 80.8 Å². The summed E-state index contributed by atoms with van der Waals surface area (Å²) in [5.41, 5.74) is 0.633. The Morgan fingerprint density at radius 3 is 2.08 bits per heavy atom. The summed E-state index contributed by atoms with van der Waals surface area (Å²) in [5.74, 6) is -3.06. The predicted octanol–water partition coefficient (Wildman–Crippen LogP) is 2.24. The largest absolute Gasteiger partial charge is 0.453 e. The van der Waals surface area contributed by atoms with Crippen LogP contribution < -0.4 is 0 Å². The summed E-state index contributed by atoms with van der Waals surface area (Å²) in [7, 11) is 0. The number of ketones is 1. The lowest BCUT2D eigenvalue weighted by molar-refractivity contribution is -0.146. The number of halogens is 1. The van der Waals surface area contributed by atoms with E-state index in [-0.39, 0.29) is 16.7 Å². The van der Waals surface area contributed by atoms with Crippen LogP contribution in [0.5, 0.6) is 0 Å². The third kappa shape index (κ3) is 3.23. The molecule has 0 fully saturated rings. The molecule has 26 heavy (non-hydrogen) atoms. The molecule has 0 spiro atoms. The third-order valence-electron chi connectivity index (χ3n) is 3.97. The second-order valence-corrected chi connectivity index (χ2v) is 5.75. The molecule has 2 amide bonds. The Labute approximate surface area is 148 Å². The predicted molar refractivity (Wildman–Crippen MR) is 88.1 cm³/mol. The van der Waals surface area contributed by atoms with Crippen LogP contribution in [0.1, 0.15) is 38.0 Å². The van der Waals surface area contributed by atoms with E-state index in [1.807, 2.05) is 0 Å². The fraction of sp³-hybridized carbons (Fsp3) is 0.158. The molecular formula is C19H14FNO5. The van der Waals surface area contributed by atoms with Gasteiger partial charge in [-0.15, -0.1) is 0 Å². The SMILES string of the molecule is CC(OC(=O)CN1C(=O)c2ccccc2C1=O)C(=O)c1ccc(F)cc1. The van der Waals surface area contributed by atoms with Crippen molar-refractivity contribution >= 4 is 23.6 Å². The van der Waals surface area contributed by atoms with Crippen molar-refractivity contribution in [3.8, 4) is 0 Å². The molecule has 0 N–H and O–H groups in total. The lowest BCUT2D eigenvalue weighted by Crippen LogP contribution is -2.37.